The summed E-state index contributed by atoms with van der Waals surface area (Å²) in [5.74, 6) is -1.01. The molecule has 1 saturated heterocycles. The number of furan rings is 1. The summed E-state index contributed by atoms with van der Waals surface area (Å²) >= 11 is 0. The number of carbonyl (C=O) groups excluding carboxylic acids is 1. The van der Waals surface area contributed by atoms with Crippen LogP contribution in [0.4, 0.5) is 0 Å². The molecule has 1 unspecified atom stereocenters. The molecule has 3 rings (SSSR count). The Kier molecular flexibility index (Phi) is 5.97. The lowest BCUT2D eigenvalue weighted by Gasteiger charge is -2.16. The summed E-state index contributed by atoms with van der Waals surface area (Å²) in [5, 5.41) is 1.31. The summed E-state index contributed by atoms with van der Waals surface area (Å²) in [6.07, 6.45) is 5.41. The van der Waals surface area contributed by atoms with Crippen molar-refractivity contribution in [3.8, 4) is 0 Å². The molecule has 1 saturated carbocycles. The van der Waals surface area contributed by atoms with E-state index in [1.807, 2.05) is 0 Å². The van der Waals surface area contributed by atoms with Crippen LogP contribution in [0.3, 0.4) is 0 Å². The van der Waals surface area contributed by atoms with Gasteiger partial charge < -0.3 is 9.73 Å². The summed E-state index contributed by atoms with van der Waals surface area (Å²) in [5.41, 5.74) is 0. The third kappa shape index (κ3) is 4.55. The van der Waals surface area contributed by atoms with Gasteiger partial charge in [-0.15, -0.1) is 0 Å². The van der Waals surface area contributed by atoms with E-state index in [-0.39, 0.29) is 16.9 Å². The second kappa shape index (κ2) is 7.92. The van der Waals surface area contributed by atoms with E-state index >= 15 is 0 Å². The van der Waals surface area contributed by atoms with Gasteiger partial charge in [-0.05, 0) is 44.7 Å². The van der Waals surface area contributed by atoms with Gasteiger partial charge in [0.05, 0.1) is 0 Å². The standard InChI is InChI=1S/C17H26N2O6S2/c1-13(17(20)18-14-6-2-3-7-14)26(21,22)12-15-8-9-16(25-15)27(23,24)19-10-4-5-11-19/h8-9,13-14H,2-7,10-12H2,1H3,(H,18,20). The smallest absolute Gasteiger partial charge is 0.276 e. The topological polar surface area (TPSA) is 114 Å². The first-order valence-corrected chi connectivity index (χ1v) is 12.5. The molecule has 2 aliphatic rings. The summed E-state index contributed by atoms with van der Waals surface area (Å²) < 4.78 is 56.7. The second-order valence-electron chi connectivity index (χ2n) is 7.27. The Labute approximate surface area is 160 Å². The maximum atomic E-state index is 12.5. The van der Waals surface area contributed by atoms with Crippen LogP contribution in [0.5, 0.6) is 0 Å². The van der Waals surface area contributed by atoms with Gasteiger partial charge in [-0.25, -0.2) is 16.8 Å². The van der Waals surface area contributed by atoms with Gasteiger partial charge >= 0.3 is 0 Å². The molecular formula is C17H26N2O6S2. The molecule has 0 spiro atoms. The Bertz CT molecular complexity index is 878. The van der Waals surface area contributed by atoms with Crippen molar-refractivity contribution in [1.82, 2.24) is 9.62 Å². The summed E-state index contributed by atoms with van der Waals surface area (Å²) in [4.78, 5) is 12.3. The number of sulfonamides is 1. The van der Waals surface area contributed by atoms with Gasteiger partial charge in [0, 0.05) is 19.1 Å². The highest BCUT2D eigenvalue weighted by molar-refractivity contribution is 7.92. The van der Waals surface area contributed by atoms with Crippen LogP contribution < -0.4 is 5.32 Å². The first-order chi connectivity index (χ1) is 12.7. The van der Waals surface area contributed by atoms with Crippen molar-refractivity contribution in [3.63, 3.8) is 0 Å². The molecular weight excluding hydrogens is 392 g/mol. The van der Waals surface area contributed by atoms with Gasteiger partial charge in [0.15, 0.2) is 9.84 Å². The minimum absolute atomic E-state index is 0.0216. The van der Waals surface area contributed by atoms with E-state index in [0.717, 1.165) is 38.5 Å². The fourth-order valence-corrected chi connectivity index (χ4v) is 6.15. The molecule has 2 fully saturated rings. The predicted molar refractivity (Wildman–Crippen MR) is 99.2 cm³/mol. The largest absolute Gasteiger partial charge is 0.447 e. The molecule has 0 bridgehead atoms. The zero-order valence-corrected chi connectivity index (χ0v) is 17.0. The van der Waals surface area contributed by atoms with Crippen molar-refractivity contribution >= 4 is 25.8 Å². The van der Waals surface area contributed by atoms with Crippen LogP contribution >= 0.6 is 0 Å². The number of amides is 1. The molecule has 1 aromatic heterocycles. The molecule has 1 N–H and O–H groups in total. The van der Waals surface area contributed by atoms with Crippen molar-refractivity contribution in [2.75, 3.05) is 13.1 Å². The monoisotopic (exact) mass is 418 g/mol. The van der Waals surface area contributed by atoms with E-state index in [1.54, 1.807) is 0 Å². The number of nitrogens with one attached hydrogen (secondary N) is 1. The van der Waals surface area contributed by atoms with Gasteiger partial charge in [-0.2, -0.15) is 4.31 Å². The van der Waals surface area contributed by atoms with E-state index in [4.69, 9.17) is 4.42 Å². The number of sulfone groups is 1. The van der Waals surface area contributed by atoms with Gasteiger partial charge in [-0.1, -0.05) is 12.8 Å². The minimum Gasteiger partial charge on any atom is -0.447 e. The Morgan fingerprint density at radius 3 is 2.41 bits per heavy atom. The van der Waals surface area contributed by atoms with Crippen LogP contribution in [0.1, 0.15) is 51.2 Å². The lowest BCUT2D eigenvalue weighted by molar-refractivity contribution is -0.121. The highest BCUT2D eigenvalue weighted by Crippen LogP contribution is 2.24. The van der Waals surface area contributed by atoms with Crippen molar-refractivity contribution in [2.45, 2.75) is 67.6 Å². The Balaban J connectivity index is 1.67. The summed E-state index contributed by atoms with van der Waals surface area (Å²) in [6.45, 7) is 2.23. The lowest BCUT2D eigenvalue weighted by atomic mass is 10.2. The molecule has 8 nitrogen and oxygen atoms in total. The normalized spacial score (nSPS) is 20.8. The third-order valence-electron chi connectivity index (χ3n) is 5.25. The SMILES string of the molecule is CC(C(=O)NC1CCCC1)S(=O)(=O)Cc1ccc(S(=O)(=O)N2CCCC2)o1. The maximum absolute atomic E-state index is 12.5. The Morgan fingerprint density at radius 1 is 1.15 bits per heavy atom. The van der Waals surface area contributed by atoms with Crippen LogP contribution in [0, 0.1) is 0 Å². The number of rotatable bonds is 7. The fraction of sp³-hybridized carbons (Fsp3) is 0.706. The number of nitrogens with zero attached hydrogens (tertiary/aromatic N) is 1. The van der Waals surface area contributed by atoms with Crippen LogP contribution in [0.25, 0.3) is 0 Å². The van der Waals surface area contributed by atoms with Gasteiger partial charge in [0.1, 0.15) is 16.8 Å². The third-order valence-corrected chi connectivity index (χ3v) is 9.00. The maximum Gasteiger partial charge on any atom is 0.276 e. The van der Waals surface area contributed by atoms with Crippen molar-refractivity contribution < 1.29 is 26.0 Å². The van der Waals surface area contributed by atoms with E-state index in [1.165, 1.54) is 23.4 Å². The minimum atomic E-state index is -3.82. The van der Waals surface area contributed by atoms with Crippen molar-refractivity contribution in [2.24, 2.45) is 0 Å². The molecule has 2 heterocycles. The molecule has 10 heteroatoms. The average molecular weight is 419 g/mol. The quantitative estimate of drug-likeness (QED) is 0.716. The zero-order valence-electron chi connectivity index (χ0n) is 15.4. The van der Waals surface area contributed by atoms with Crippen LogP contribution in [-0.2, 0) is 30.4 Å². The highest BCUT2D eigenvalue weighted by atomic mass is 32.2. The molecule has 0 aromatic carbocycles. The second-order valence-corrected chi connectivity index (χ2v) is 11.5. The molecule has 0 radical (unpaired) electrons. The Morgan fingerprint density at radius 2 is 1.78 bits per heavy atom. The molecule has 1 aliphatic carbocycles. The number of hydrogen-bond donors (Lipinski definition) is 1. The predicted octanol–water partition coefficient (Wildman–Crippen LogP) is 1.43. The zero-order chi connectivity index (χ0) is 19.7. The van der Waals surface area contributed by atoms with Crippen LogP contribution in [-0.4, -0.2) is 51.4 Å². The number of carbonyl (C=O) groups is 1. The first kappa shape index (κ1) is 20.3. The van der Waals surface area contributed by atoms with Crippen molar-refractivity contribution in [3.05, 3.63) is 17.9 Å². The average Bonchev–Trinajstić information content (AvgIpc) is 3.35. The van der Waals surface area contributed by atoms with E-state index in [0.29, 0.717) is 13.1 Å². The highest BCUT2D eigenvalue weighted by Gasteiger charge is 2.33. The van der Waals surface area contributed by atoms with E-state index < -0.39 is 36.8 Å². The Hall–Kier alpha value is -1.39. The van der Waals surface area contributed by atoms with Crippen molar-refractivity contribution in [1.29, 1.82) is 0 Å². The molecule has 1 amide bonds. The van der Waals surface area contributed by atoms with Gasteiger partial charge in [0.25, 0.3) is 10.0 Å². The lowest BCUT2D eigenvalue weighted by Crippen LogP contribution is -2.42. The van der Waals surface area contributed by atoms with E-state index in [2.05, 4.69) is 5.32 Å². The number of hydrogen-bond acceptors (Lipinski definition) is 6. The molecule has 1 atom stereocenters. The van der Waals surface area contributed by atoms with Gasteiger partial charge in [-0.3, -0.25) is 4.79 Å². The first-order valence-electron chi connectivity index (χ1n) is 9.31. The molecule has 152 valence electrons. The summed E-state index contributed by atoms with van der Waals surface area (Å²) in [7, 11) is -7.55. The molecule has 1 aliphatic heterocycles. The fourth-order valence-electron chi connectivity index (χ4n) is 3.51. The van der Waals surface area contributed by atoms with Crippen LogP contribution in [0.2, 0.25) is 0 Å². The molecule has 1 aromatic rings. The van der Waals surface area contributed by atoms with Gasteiger partial charge in [0.2, 0.25) is 11.0 Å². The molecule has 27 heavy (non-hydrogen) atoms. The summed E-state index contributed by atoms with van der Waals surface area (Å²) in [6, 6.07) is 2.67. The van der Waals surface area contributed by atoms with Crippen LogP contribution in [0.15, 0.2) is 21.6 Å². The van der Waals surface area contributed by atoms with E-state index in [9.17, 15) is 21.6 Å².